The molecule has 0 saturated heterocycles. The largest absolute Gasteiger partial charge is 0.418 e. The fourth-order valence-corrected chi connectivity index (χ4v) is 5.43. The average Bonchev–Trinajstić information content (AvgIpc) is 3.18. The van der Waals surface area contributed by atoms with Gasteiger partial charge < -0.3 is 5.73 Å². The molecule has 3 N–H and O–H groups in total. The maximum absolute atomic E-state index is 13.9. The van der Waals surface area contributed by atoms with Crippen LogP contribution in [0.5, 0.6) is 0 Å². The lowest BCUT2D eigenvalue weighted by Crippen LogP contribution is -2.46. The van der Waals surface area contributed by atoms with Crippen molar-refractivity contribution in [3.63, 3.8) is 0 Å². The molecule has 3 aromatic rings. The Labute approximate surface area is 186 Å². The van der Waals surface area contributed by atoms with E-state index < -0.39 is 11.7 Å². The number of alkyl halides is 3. The summed E-state index contributed by atoms with van der Waals surface area (Å²) in [6, 6.07) is 6.19. The predicted octanol–water partition coefficient (Wildman–Crippen LogP) is 6.08. The first-order chi connectivity index (χ1) is 15.1. The van der Waals surface area contributed by atoms with E-state index in [9.17, 15) is 13.2 Å². The third-order valence-corrected chi connectivity index (χ3v) is 6.99. The number of aromatic amines is 1. The highest BCUT2D eigenvalue weighted by molar-refractivity contribution is 5.90. The van der Waals surface area contributed by atoms with Gasteiger partial charge >= 0.3 is 6.18 Å². The molecule has 1 saturated carbocycles. The summed E-state index contributed by atoms with van der Waals surface area (Å²) in [6.07, 6.45) is 1.50. The van der Waals surface area contributed by atoms with E-state index in [1.807, 2.05) is 0 Å². The maximum atomic E-state index is 13.9. The molecule has 1 fully saturated rings. The molecule has 0 amide bonds. The molecule has 0 spiro atoms. The van der Waals surface area contributed by atoms with Crippen LogP contribution in [0.25, 0.3) is 22.4 Å². The summed E-state index contributed by atoms with van der Waals surface area (Å²) >= 11 is 0. The maximum Gasteiger partial charge on any atom is 0.418 e. The first-order valence-electron chi connectivity index (χ1n) is 11.3. The van der Waals surface area contributed by atoms with E-state index >= 15 is 0 Å². The van der Waals surface area contributed by atoms with Crippen LogP contribution < -0.4 is 5.73 Å². The van der Waals surface area contributed by atoms with Crippen LogP contribution in [0, 0.1) is 11.3 Å². The van der Waals surface area contributed by atoms with Crippen molar-refractivity contribution in [3.05, 3.63) is 41.7 Å². The van der Waals surface area contributed by atoms with Gasteiger partial charge in [-0.3, -0.25) is 10.1 Å². The Morgan fingerprint density at radius 2 is 2.00 bits per heavy atom. The molecule has 0 aliphatic heterocycles. The first-order valence-corrected chi connectivity index (χ1v) is 11.3. The lowest BCUT2D eigenvalue weighted by molar-refractivity contribution is -0.137. The highest BCUT2D eigenvalue weighted by Gasteiger charge is 2.43. The van der Waals surface area contributed by atoms with Crippen LogP contribution in [-0.2, 0) is 6.18 Å². The molecule has 3 unspecified atom stereocenters. The lowest BCUT2D eigenvalue weighted by atomic mass is 9.61. The van der Waals surface area contributed by atoms with Crippen molar-refractivity contribution in [2.75, 3.05) is 0 Å². The third kappa shape index (κ3) is 4.12. The number of fused-ring (bicyclic) bond motifs is 1. The highest BCUT2D eigenvalue weighted by atomic mass is 19.4. The Morgan fingerprint density at radius 1 is 1.22 bits per heavy atom. The number of hydrogen-bond acceptors (Lipinski definition) is 4. The van der Waals surface area contributed by atoms with E-state index in [1.165, 1.54) is 0 Å². The van der Waals surface area contributed by atoms with Crippen molar-refractivity contribution < 1.29 is 13.2 Å². The quantitative estimate of drug-likeness (QED) is 0.499. The Kier molecular flexibility index (Phi) is 6.00. The molecule has 0 bridgehead atoms. The molecule has 5 nitrogen and oxygen atoms in total. The summed E-state index contributed by atoms with van der Waals surface area (Å²) in [5.74, 6) is 0.571. The summed E-state index contributed by atoms with van der Waals surface area (Å²) in [5.41, 5.74) is 6.97. The second-order valence-corrected chi connectivity index (χ2v) is 9.50. The van der Waals surface area contributed by atoms with Gasteiger partial charge in [0.1, 0.15) is 5.69 Å². The van der Waals surface area contributed by atoms with Crippen LogP contribution in [0.3, 0.4) is 0 Å². The van der Waals surface area contributed by atoms with Gasteiger partial charge in [0.15, 0.2) is 5.65 Å². The molecule has 0 radical (unpaired) electrons. The predicted molar refractivity (Wildman–Crippen MR) is 119 cm³/mol. The standard InChI is InChI=1S/C24H30F3N5/c1-4-23(12-14(2)3)13-15(7-10-19(23)28)18-9-8-17(24(25,26)27)21(30-18)20-16-6-5-11-29-22(16)32-31-20/h5-6,8-9,11,14-15,19H,4,7,10,12-13,28H2,1-3H3,(H,29,31,32). The normalized spacial score (nSPS) is 24.4. The van der Waals surface area contributed by atoms with Gasteiger partial charge in [0.2, 0.25) is 0 Å². The van der Waals surface area contributed by atoms with Gasteiger partial charge in [-0.1, -0.05) is 20.8 Å². The van der Waals surface area contributed by atoms with Crippen LogP contribution in [0.1, 0.15) is 70.1 Å². The zero-order valence-electron chi connectivity index (χ0n) is 18.7. The van der Waals surface area contributed by atoms with Crippen LogP contribution >= 0.6 is 0 Å². The zero-order valence-corrected chi connectivity index (χ0v) is 18.7. The van der Waals surface area contributed by atoms with Gasteiger partial charge in [-0.25, -0.2) is 4.98 Å². The van der Waals surface area contributed by atoms with Crippen LogP contribution in [0.4, 0.5) is 13.2 Å². The van der Waals surface area contributed by atoms with E-state index in [0.29, 0.717) is 22.6 Å². The van der Waals surface area contributed by atoms with Crippen molar-refractivity contribution in [2.45, 2.75) is 71.0 Å². The Morgan fingerprint density at radius 3 is 2.69 bits per heavy atom. The molecule has 8 heteroatoms. The Hall–Kier alpha value is -2.48. The minimum Gasteiger partial charge on any atom is -0.327 e. The minimum atomic E-state index is -4.53. The molecule has 3 atom stereocenters. The van der Waals surface area contributed by atoms with Crippen molar-refractivity contribution in [2.24, 2.45) is 17.1 Å². The molecule has 32 heavy (non-hydrogen) atoms. The monoisotopic (exact) mass is 445 g/mol. The number of aromatic nitrogens is 4. The molecular formula is C24H30F3N5. The molecule has 4 rings (SSSR count). The van der Waals surface area contributed by atoms with Gasteiger partial charge in [0.05, 0.1) is 11.3 Å². The van der Waals surface area contributed by atoms with Crippen molar-refractivity contribution >= 4 is 11.0 Å². The molecule has 3 aromatic heterocycles. The highest BCUT2D eigenvalue weighted by Crippen LogP contribution is 2.49. The number of pyridine rings is 2. The zero-order chi connectivity index (χ0) is 23.1. The van der Waals surface area contributed by atoms with Crippen molar-refractivity contribution in [1.29, 1.82) is 0 Å². The summed E-state index contributed by atoms with van der Waals surface area (Å²) in [5, 5.41) is 7.34. The van der Waals surface area contributed by atoms with Crippen molar-refractivity contribution in [3.8, 4) is 11.4 Å². The summed E-state index contributed by atoms with van der Waals surface area (Å²) in [6.45, 7) is 6.55. The summed E-state index contributed by atoms with van der Waals surface area (Å²) < 4.78 is 41.6. The number of H-pyrrole nitrogens is 1. The van der Waals surface area contributed by atoms with Gasteiger partial charge in [0, 0.05) is 29.2 Å². The Balaban J connectivity index is 1.79. The molecule has 172 valence electrons. The number of nitrogens with two attached hydrogens (primary N) is 1. The van der Waals surface area contributed by atoms with Gasteiger partial charge in [-0.05, 0) is 67.7 Å². The van der Waals surface area contributed by atoms with Crippen LogP contribution in [-0.4, -0.2) is 26.2 Å². The SMILES string of the molecule is CCC1(CC(C)C)CC(c2ccc(C(F)(F)F)c(-c3[nH]nc4ncccc34)n2)CCC1N. The van der Waals surface area contributed by atoms with E-state index in [0.717, 1.165) is 38.2 Å². The second kappa shape index (κ2) is 8.46. The van der Waals surface area contributed by atoms with E-state index in [1.54, 1.807) is 24.4 Å². The number of rotatable bonds is 5. The first kappa shape index (κ1) is 22.7. The summed E-state index contributed by atoms with van der Waals surface area (Å²) in [7, 11) is 0. The van der Waals surface area contributed by atoms with Crippen molar-refractivity contribution in [1.82, 2.24) is 20.2 Å². The number of nitrogens with zero attached hydrogens (tertiary/aromatic N) is 3. The molecule has 0 aromatic carbocycles. The molecular weight excluding hydrogens is 415 g/mol. The molecule has 1 aliphatic rings. The van der Waals surface area contributed by atoms with Crippen LogP contribution in [0.15, 0.2) is 30.5 Å². The lowest BCUT2D eigenvalue weighted by Gasteiger charge is -2.46. The van der Waals surface area contributed by atoms with E-state index in [-0.39, 0.29) is 28.8 Å². The second-order valence-electron chi connectivity index (χ2n) is 9.50. The fourth-order valence-electron chi connectivity index (χ4n) is 5.43. The topological polar surface area (TPSA) is 80.5 Å². The fraction of sp³-hybridized carbons (Fsp3) is 0.542. The molecule has 1 aliphatic carbocycles. The van der Waals surface area contributed by atoms with E-state index in [2.05, 4.69) is 40.9 Å². The smallest absolute Gasteiger partial charge is 0.327 e. The Bertz CT molecular complexity index is 1090. The van der Waals surface area contributed by atoms with Gasteiger partial charge in [-0.15, -0.1) is 0 Å². The number of halogens is 3. The summed E-state index contributed by atoms with van der Waals surface area (Å²) in [4.78, 5) is 8.73. The van der Waals surface area contributed by atoms with Crippen LogP contribution in [0.2, 0.25) is 0 Å². The number of hydrogen-bond donors (Lipinski definition) is 2. The van der Waals surface area contributed by atoms with Gasteiger partial charge in [-0.2, -0.15) is 18.3 Å². The minimum absolute atomic E-state index is 0.0216. The van der Waals surface area contributed by atoms with E-state index in [4.69, 9.17) is 5.73 Å². The molecule has 3 heterocycles. The third-order valence-electron chi connectivity index (χ3n) is 6.99. The average molecular weight is 446 g/mol. The number of nitrogens with one attached hydrogen (secondary N) is 1. The van der Waals surface area contributed by atoms with Gasteiger partial charge in [0.25, 0.3) is 0 Å².